The predicted molar refractivity (Wildman–Crippen MR) is 101 cm³/mol. The topological polar surface area (TPSA) is 74.9 Å². The second-order valence-corrected chi connectivity index (χ2v) is 6.27. The molecule has 126 valence electrons. The lowest BCUT2D eigenvalue weighted by molar-refractivity contribution is 0.460. The van der Waals surface area contributed by atoms with Crippen molar-refractivity contribution in [1.29, 1.82) is 0 Å². The van der Waals surface area contributed by atoms with Crippen LogP contribution in [-0.2, 0) is 0 Å². The molecule has 0 aliphatic heterocycles. The summed E-state index contributed by atoms with van der Waals surface area (Å²) in [5.74, 6) is 1.42. The predicted octanol–water partition coefficient (Wildman–Crippen LogP) is 5.05. The number of oxazole rings is 1. The van der Waals surface area contributed by atoms with Gasteiger partial charge in [-0.05, 0) is 31.2 Å². The molecule has 5 aromatic rings. The Balaban J connectivity index is 1.68. The summed E-state index contributed by atoms with van der Waals surface area (Å²) in [6.07, 6.45) is 1.69. The summed E-state index contributed by atoms with van der Waals surface area (Å²) >= 11 is 0. The van der Waals surface area contributed by atoms with E-state index in [-0.39, 0.29) is 5.88 Å². The van der Waals surface area contributed by atoms with Crippen LogP contribution in [0.5, 0.6) is 5.88 Å². The van der Waals surface area contributed by atoms with E-state index < -0.39 is 0 Å². The lowest BCUT2D eigenvalue weighted by Crippen LogP contribution is -1.85. The average molecular weight is 341 g/mol. The van der Waals surface area contributed by atoms with Crippen molar-refractivity contribution in [2.24, 2.45) is 0 Å². The first kappa shape index (κ1) is 14.7. The zero-order valence-electron chi connectivity index (χ0n) is 14.0. The first-order valence-corrected chi connectivity index (χ1v) is 8.33. The van der Waals surface area contributed by atoms with Gasteiger partial charge in [-0.3, -0.25) is 0 Å². The molecule has 0 atom stereocenters. The summed E-state index contributed by atoms with van der Waals surface area (Å²) in [5.41, 5.74) is 3.98. The number of benzene rings is 2. The van der Waals surface area contributed by atoms with Crippen LogP contribution in [0.4, 0.5) is 0 Å². The normalized spacial score (nSPS) is 11.4. The third kappa shape index (κ3) is 2.25. The van der Waals surface area contributed by atoms with Gasteiger partial charge in [0.2, 0.25) is 5.89 Å². The van der Waals surface area contributed by atoms with Crippen molar-refractivity contribution in [2.45, 2.75) is 6.92 Å². The molecule has 26 heavy (non-hydrogen) atoms. The second kappa shape index (κ2) is 5.46. The minimum atomic E-state index is 0.100. The molecule has 2 aromatic carbocycles. The first-order valence-electron chi connectivity index (χ1n) is 8.33. The number of nitrogens with zero attached hydrogens (tertiary/aromatic N) is 2. The van der Waals surface area contributed by atoms with E-state index in [1.807, 2.05) is 61.5 Å². The van der Waals surface area contributed by atoms with Gasteiger partial charge in [-0.25, -0.2) is 9.97 Å². The van der Waals surface area contributed by atoms with Crippen LogP contribution in [-0.4, -0.2) is 20.1 Å². The number of aromatic amines is 1. The van der Waals surface area contributed by atoms with E-state index >= 15 is 0 Å². The lowest BCUT2D eigenvalue weighted by atomic mass is 10.1. The van der Waals surface area contributed by atoms with Crippen LogP contribution in [0, 0.1) is 6.92 Å². The summed E-state index contributed by atoms with van der Waals surface area (Å²) in [6, 6.07) is 17.7. The number of aryl methyl sites for hydroxylation is 1. The van der Waals surface area contributed by atoms with Crippen molar-refractivity contribution in [3.8, 4) is 28.6 Å². The van der Waals surface area contributed by atoms with E-state index in [4.69, 9.17) is 9.40 Å². The van der Waals surface area contributed by atoms with Gasteiger partial charge in [-0.15, -0.1) is 0 Å². The van der Waals surface area contributed by atoms with Crippen LogP contribution < -0.4 is 0 Å². The quantitative estimate of drug-likeness (QED) is 0.471. The van der Waals surface area contributed by atoms with E-state index in [1.165, 1.54) is 0 Å². The maximum absolute atomic E-state index is 10.5. The van der Waals surface area contributed by atoms with Gasteiger partial charge in [0, 0.05) is 21.9 Å². The highest BCUT2D eigenvalue weighted by molar-refractivity contribution is 6.00. The Morgan fingerprint density at radius 1 is 1.04 bits per heavy atom. The molecule has 0 saturated heterocycles. The minimum Gasteiger partial charge on any atom is -0.494 e. The molecule has 0 amide bonds. The molecule has 3 aromatic heterocycles. The third-order valence-electron chi connectivity index (χ3n) is 4.50. The number of pyridine rings is 1. The molecule has 5 nitrogen and oxygen atoms in total. The molecule has 0 aliphatic rings. The Morgan fingerprint density at radius 2 is 1.92 bits per heavy atom. The molecule has 0 aliphatic carbocycles. The summed E-state index contributed by atoms with van der Waals surface area (Å²) in [4.78, 5) is 12.0. The van der Waals surface area contributed by atoms with Gasteiger partial charge in [0.25, 0.3) is 0 Å². The lowest BCUT2D eigenvalue weighted by Gasteiger charge is -2.03. The molecule has 5 rings (SSSR count). The molecular weight excluding hydrogens is 326 g/mol. The number of hydrogen-bond acceptors (Lipinski definition) is 4. The van der Waals surface area contributed by atoms with E-state index in [9.17, 15) is 5.11 Å². The van der Waals surface area contributed by atoms with Gasteiger partial charge < -0.3 is 14.5 Å². The van der Waals surface area contributed by atoms with Crippen LogP contribution >= 0.6 is 0 Å². The minimum absolute atomic E-state index is 0.100. The number of H-pyrrole nitrogens is 1. The molecule has 0 spiro atoms. The molecular formula is C21H15N3O2. The number of para-hydroxylation sites is 1. The number of rotatable bonds is 2. The molecule has 0 unspecified atom stereocenters. The highest BCUT2D eigenvalue weighted by Gasteiger charge is 2.16. The van der Waals surface area contributed by atoms with Gasteiger partial charge in [0.15, 0.2) is 5.88 Å². The van der Waals surface area contributed by atoms with Crippen molar-refractivity contribution in [3.05, 3.63) is 66.6 Å². The van der Waals surface area contributed by atoms with E-state index in [1.54, 1.807) is 6.20 Å². The van der Waals surface area contributed by atoms with Gasteiger partial charge in [-0.1, -0.05) is 30.3 Å². The number of nitrogens with one attached hydrogen (secondary N) is 1. The summed E-state index contributed by atoms with van der Waals surface area (Å²) in [5, 5.41) is 12.5. The molecule has 0 bridgehead atoms. The third-order valence-corrected chi connectivity index (χ3v) is 4.50. The van der Waals surface area contributed by atoms with Gasteiger partial charge >= 0.3 is 0 Å². The van der Waals surface area contributed by atoms with E-state index in [2.05, 4.69) is 9.97 Å². The van der Waals surface area contributed by atoms with Crippen LogP contribution in [0.25, 0.3) is 44.5 Å². The number of aromatic hydroxyl groups is 1. The fraction of sp³-hybridized carbons (Fsp3) is 0.0476. The second-order valence-electron chi connectivity index (χ2n) is 6.27. The van der Waals surface area contributed by atoms with Crippen LogP contribution in [0.2, 0.25) is 0 Å². The van der Waals surface area contributed by atoms with Crippen molar-refractivity contribution >= 4 is 21.8 Å². The summed E-state index contributed by atoms with van der Waals surface area (Å²) < 4.78 is 5.59. The maximum atomic E-state index is 10.5. The van der Waals surface area contributed by atoms with Crippen molar-refractivity contribution in [3.63, 3.8) is 0 Å². The Bertz CT molecular complexity index is 1270. The zero-order chi connectivity index (χ0) is 17.7. The van der Waals surface area contributed by atoms with E-state index in [0.29, 0.717) is 11.5 Å². The molecule has 5 heteroatoms. The smallest absolute Gasteiger partial charge is 0.226 e. The average Bonchev–Trinajstić information content (AvgIpc) is 3.23. The molecule has 3 heterocycles. The maximum Gasteiger partial charge on any atom is 0.226 e. The van der Waals surface area contributed by atoms with Crippen molar-refractivity contribution < 1.29 is 9.52 Å². The standard InChI is InChI=1S/C21H15N3O2/c1-12-11-22-21(26-12)14-6-8-15-18(10-14)24-20(25)19(15)17-9-7-13-4-2-3-5-16(13)23-17/h2-11,24-25H,1H3. The summed E-state index contributed by atoms with van der Waals surface area (Å²) in [6.45, 7) is 1.86. The summed E-state index contributed by atoms with van der Waals surface area (Å²) in [7, 11) is 0. The van der Waals surface area contributed by atoms with Gasteiger partial charge in [0.05, 0.1) is 23.0 Å². The van der Waals surface area contributed by atoms with Crippen molar-refractivity contribution in [2.75, 3.05) is 0 Å². The van der Waals surface area contributed by atoms with E-state index in [0.717, 1.165) is 38.8 Å². The Labute approximate surface area is 149 Å². The first-order chi connectivity index (χ1) is 12.7. The Hall–Kier alpha value is -3.60. The van der Waals surface area contributed by atoms with Crippen LogP contribution in [0.3, 0.4) is 0 Å². The largest absolute Gasteiger partial charge is 0.494 e. The highest BCUT2D eigenvalue weighted by Crippen LogP contribution is 2.37. The SMILES string of the molecule is Cc1cnc(-c2ccc3c(-c4ccc5ccccc5n4)c(O)[nH]c3c2)o1. The molecule has 2 N–H and O–H groups in total. The fourth-order valence-corrected chi connectivity index (χ4v) is 3.27. The highest BCUT2D eigenvalue weighted by atomic mass is 16.4. The van der Waals surface area contributed by atoms with Gasteiger partial charge in [-0.2, -0.15) is 0 Å². The monoisotopic (exact) mass is 341 g/mol. The fourth-order valence-electron chi connectivity index (χ4n) is 3.27. The van der Waals surface area contributed by atoms with Crippen LogP contribution in [0.15, 0.2) is 65.2 Å². The Morgan fingerprint density at radius 3 is 2.77 bits per heavy atom. The van der Waals surface area contributed by atoms with Crippen molar-refractivity contribution in [1.82, 2.24) is 15.0 Å². The number of aromatic nitrogens is 3. The van der Waals surface area contributed by atoms with Gasteiger partial charge in [0.1, 0.15) is 5.76 Å². The molecule has 0 saturated carbocycles. The van der Waals surface area contributed by atoms with Crippen LogP contribution in [0.1, 0.15) is 5.76 Å². The molecule has 0 fully saturated rings. The molecule has 0 radical (unpaired) electrons. The number of hydrogen-bond donors (Lipinski definition) is 2. The number of fused-ring (bicyclic) bond motifs is 2. The Kier molecular flexibility index (Phi) is 3.09. The zero-order valence-corrected chi connectivity index (χ0v) is 14.0.